The molecule has 0 saturated carbocycles. The van der Waals surface area contributed by atoms with Gasteiger partial charge in [-0.1, -0.05) is 0 Å². The molecule has 0 radical (unpaired) electrons. The summed E-state index contributed by atoms with van der Waals surface area (Å²) in [5.74, 6) is 0.874. The number of benzene rings is 1. The number of nitrogens with one attached hydrogen (secondary N) is 1. The van der Waals surface area contributed by atoms with Gasteiger partial charge in [-0.25, -0.2) is 0 Å². The Morgan fingerprint density at radius 2 is 2.17 bits per heavy atom. The molecule has 0 amide bonds. The number of nitrogen functional groups attached to an aromatic ring is 1. The van der Waals surface area contributed by atoms with E-state index in [0.717, 1.165) is 32.5 Å². The third-order valence-electron chi connectivity index (χ3n) is 2.82. The minimum absolute atomic E-state index is 0.717. The second-order valence-corrected chi connectivity index (χ2v) is 5.05. The van der Waals surface area contributed by atoms with E-state index >= 15 is 0 Å². The van der Waals surface area contributed by atoms with E-state index < -0.39 is 0 Å². The molecule has 0 aliphatic heterocycles. The van der Waals surface area contributed by atoms with Crippen LogP contribution in [0.3, 0.4) is 0 Å². The zero-order valence-electron chi connectivity index (χ0n) is 10.0. The lowest BCUT2D eigenvalue weighted by molar-refractivity contribution is 0.766. The Bertz CT molecular complexity index is 713. The molecule has 6 nitrogen and oxygen atoms in total. The summed E-state index contributed by atoms with van der Waals surface area (Å²) < 4.78 is 1.93. The number of H-pyrrole nitrogens is 1. The normalized spacial score (nSPS) is 11.2. The molecule has 3 rings (SSSR count). The van der Waals surface area contributed by atoms with Crippen LogP contribution in [0.2, 0.25) is 0 Å². The van der Waals surface area contributed by atoms with Crippen molar-refractivity contribution >= 4 is 28.4 Å². The molecular formula is C11H12N6S. The summed E-state index contributed by atoms with van der Waals surface area (Å²) in [4.78, 5) is 0.947. The highest BCUT2D eigenvalue weighted by molar-refractivity contribution is 7.99. The predicted octanol–water partition coefficient (Wildman–Crippen LogP) is 1.73. The van der Waals surface area contributed by atoms with Crippen molar-refractivity contribution in [1.82, 2.24) is 25.0 Å². The molecule has 3 N–H and O–H groups in total. The van der Waals surface area contributed by atoms with Crippen molar-refractivity contribution in [3.8, 4) is 0 Å². The molecule has 0 fully saturated rings. The van der Waals surface area contributed by atoms with E-state index in [9.17, 15) is 0 Å². The summed E-state index contributed by atoms with van der Waals surface area (Å²) in [6.07, 6.45) is 1.76. The first-order chi connectivity index (χ1) is 8.65. The van der Waals surface area contributed by atoms with Crippen LogP contribution in [0.15, 0.2) is 28.4 Å². The van der Waals surface area contributed by atoms with Gasteiger partial charge >= 0.3 is 0 Å². The standard InChI is InChI=1S/C11H12N6S/c1-6-14-16-11(17(6)2)18-10-4-9-7(3-8(10)12)5-13-15-9/h3-5H,12H2,1-2H3,(H,13,15). The van der Waals surface area contributed by atoms with E-state index in [1.165, 1.54) is 11.8 Å². The maximum absolute atomic E-state index is 6.03. The molecule has 3 aromatic rings. The second-order valence-electron chi connectivity index (χ2n) is 4.04. The number of nitrogens with two attached hydrogens (primary N) is 1. The first kappa shape index (κ1) is 11.1. The van der Waals surface area contributed by atoms with Crippen LogP contribution in [0, 0.1) is 6.92 Å². The zero-order valence-corrected chi connectivity index (χ0v) is 10.8. The highest BCUT2D eigenvalue weighted by atomic mass is 32.2. The topological polar surface area (TPSA) is 85.4 Å². The van der Waals surface area contributed by atoms with Crippen molar-refractivity contribution < 1.29 is 0 Å². The average molecular weight is 260 g/mol. The fraction of sp³-hybridized carbons (Fsp3) is 0.182. The van der Waals surface area contributed by atoms with Crippen molar-refractivity contribution in [3.05, 3.63) is 24.2 Å². The third-order valence-corrected chi connectivity index (χ3v) is 3.94. The maximum Gasteiger partial charge on any atom is 0.195 e. The largest absolute Gasteiger partial charge is 0.398 e. The molecule has 7 heteroatoms. The Labute approximate surface area is 108 Å². The first-order valence-electron chi connectivity index (χ1n) is 5.41. The Morgan fingerprint density at radius 3 is 2.89 bits per heavy atom. The van der Waals surface area contributed by atoms with Crippen LogP contribution >= 0.6 is 11.8 Å². The smallest absolute Gasteiger partial charge is 0.195 e. The Kier molecular flexibility index (Phi) is 2.48. The van der Waals surface area contributed by atoms with Gasteiger partial charge in [0.2, 0.25) is 0 Å². The quantitative estimate of drug-likeness (QED) is 0.685. The van der Waals surface area contributed by atoms with Gasteiger partial charge in [0, 0.05) is 23.0 Å². The van der Waals surface area contributed by atoms with Crippen molar-refractivity contribution in [2.45, 2.75) is 17.0 Å². The van der Waals surface area contributed by atoms with Gasteiger partial charge in [-0.05, 0) is 30.8 Å². The molecule has 0 unspecified atom stereocenters. The summed E-state index contributed by atoms with van der Waals surface area (Å²) in [6, 6.07) is 3.89. The van der Waals surface area contributed by atoms with Gasteiger partial charge in [-0.2, -0.15) is 5.10 Å². The van der Waals surface area contributed by atoms with Crippen LogP contribution in [0.5, 0.6) is 0 Å². The monoisotopic (exact) mass is 260 g/mol. The number of aryl methyl sites for hydroxylation is 1. The highest BCUT2D eigenvalue weighted by Gasteiger charge is 2.10. The van der Waals surface area contributed by atoms with Gasteiger partial charge in [-0.15, -0.1) is 10.2 Å². The first-order valence-corrected chi connectivity index (χ1v) is 6.23. The van der Waals surface area contributed by atoms with Gasteiger partial charge in [0.05, 0.1) is 11.7 Å². The molecule has 0 atom stereocenters. The fourth-order valence-corrected chi connectivity index (χ4v) is 2.55. The fourth-order valence-electron chi connectivity index (χ4n) is 1.65. The van der Waals surface area contributed by atoms with E-state index in [-0.39, 0.29) is 0 Å². The Balaban J connectivity index is 2.03. The van der Waals surface area contributed by atoms with Crippen molar-refractivity contribution in [1.29, 1.82) is 0 Å². The summed E-state index contributed by atoms with van der Waals surface area (Å²) in [6.45, 7) is 1.92. The minimum Gasteiger partial charge on any atom is -0.398 e. The number of fused-ring (bicyclic) bond motifs is 1. The van der Waals surface area contributed by atoms with Crippen LogP contribution < -0.4 is 5.73 Å². The molecule has 0 spiro atoms. The lowest BCUT2D eigenvalue weighted by Crippen LogP contribution is -1.94. The number of hydrogen-bond donors (Lipinski definition) is 2. The molecule has 0 aliphatic rings. The van der Waals surface area contributed by atoms with Crippen molar-refractivity contribution in [2.75, 3.05) is 5.73 Å². The molecule has 92 valence electrons. The third kappa shape index (κ3) is 1.72. The lowest BCUT2D eigenvalue weighted by atomic mass is 10.2. The van der Waals surface area contributed by atoms with Crippen LogP contribution in [0.25, 0.3) is 10.9 Å². The number of anilines is 1. The van der Waals surface area contributed by atoms with Gasteiger partial charge < -0.3 is 10.3 Å². The van der Waals surface area contributed by atoms with Crippen LogP contribution in [-0.2, 0) is 7.05 Å². The van der Waals surface area contributed by atoms with Crippen LogP contribution in [-0.4, -0.2) is 25.0 Å². The Morgan fingerprint density at radius 1 is 1.33 bits per heavy atom. The Hall–Kier alpha value is -2.02. The van der Waals surface area contributed by atoms with E-state index in [1.807, 2.05) is 30.7 Å². The predicted molar refractivity (Wildman–Crippen MR) is 70.4 cm³/mol. The van der Waals surface area contributed by atoms with Gasteiger partial charge in [0.1, 0.15) is 5.82 Å². The van der Waals surface area contributed by atoms with Crippen molar-refractivity contribution in [3.63, 3.8) is 0 Å². The average Bonchev–Trinajstić information content (AvgIpc) is 2.91. The number of rotatable bonds is 2. The molecule has 0 bridgehead atoms. The molecule has 1 aromatic carbocycles. The number of hydrogen-bond acceptors (Lipinski definition) is 5. The van der Waals surface area contributed by atoms with Crippen molar-refractivity contribution in [2.24, 2.45) is 7.05 Å². The number of aromatic nitrogens is 5. The number of nitrogens with zero attached hydrogens (tertiary/aromatic N) is 4. The molecule has 18 heavy (non-hydrogen) atoms. The summed E-state index contributed by atoms with van der Waals surface area (Å²) >= 11 is 1.50. The van der Waals surface area contributed by atoms with E-state index in [2.05, 4.69) is 20.4 Å². The van der Waals surface area contributed by atoms with E-state index in [0.29, 0.717) is 0 Å². The van der Waals surface area contributed by atoms with Crippen LogP contribution in [0.4, 0.5) is 5.69 Å². The molecular weight excluding hydrogens is 248 g/mol. The number of aromatic amines is 1. The minimum atomic E-state index is 0.717. The van der Waals surface area contributed by atoms with Gasteiger partial charge in [0.25, 0.3) is 0 Å². The SMILES string of the molecule is Cc1nnc(Sc2cc3[nH]ncc3cc2N)n1C. The molecule has 0 aliphatic carbocycles. The van der Waals surface area contributed by atoms with Gasteiger partial charge in [0.15, 0.2) is 5.16 Å². The van der Waals surface area contributed by atoms with Crippen LogP contribution in [0.1, 0.15) is 5.82 Å². The summed E-state index contributed by atoms with van der Waals surface area (Å²) in [7, 11) is 1.93. The molecule has 2 heterocycles. The highest BCUT2D eigenvalue weighted by Crippen LogP contribution is 2.33. The van der Waals surface area contributed by atoms with E-state index in [1.54, 1.807) is 6.20 Å². The summed E-state index contributed by atoms with van der Waals surface area (Å²) in [5, 5.41) is 16.9. The molecule has 0 saturated heterocycles. The molecule has 2 aromatic heterocycles. The zero-order chi connectivity index (χ0) is 12.7. The van der Waals surface area contributed by atoms with Gasteiger partial charge in [-0.3, -0.25) is 5.10 Å². The summed E-state index contributed by atoms with van der Waals surface area (Å²) in [5.41, 5.74) is 7.71. The van der Waals surface area contributed by atoms with E-state index in [4.69, 9.17) is 5.73 Å². The second kappa shape index (κ2) is 4.02. The lowest BCUT2D eigenvalue weighted by Gasteiger charge is -2.05. The maximum atomic E-state index is 6.03.